The van der Waals surface area contributed by atoms with Crippen LogP contribution in [0.25, 0.3) is 0 Å². The van der Waals surface area contributed by atoms with Gasteiger partial charge in [-0.15, -0.1) is 11.3 Å². The van der Waals surface area contributed by atoms with E-state index in [1.807, 2.05) is 11.3 Å². The van der Waals surface area contributed by atoms with Gasteiger partial charge in [0, 0.05) is 37.6 Å². The van der Waals surface area contributed by atoms with Gasteiger partial charge >= 0.3 is 5.97 Å². The summed E-state index contributed by atoms with van der Waals surface area (Å²) >= 11 is 1.82. The zero-order valence-electron chi connectivity index (χ0n) is 12.9. The molecular weight excluding hydrogens is 298 g/mol. The van der Waals surface area contributed by atoms with E-state index in [-0.39, 0.29) is 5.92 Å². The summed E-state index contributed by atoms with van der Waals surface area (Å²) in [5.41, 5.74) is 0. The molecule has 0 bridgehead atoms. The average Bonchev–Trinajstić information content (AvgIpc) is 3.08. The first kappa shape index (κ1) is 15.9. The molecule has 5 nitrogen and oxygen atoms in total. The summed E-state index contributed by atoms with van der Waals surface area (Å²) in [6, 6.07) is 4.75. The van der Waals surface area contributed by atoms with E-state index in [2.05, 4.69) is 32.6 Å². The number of hydrogen-bond acceptors (Lipinski definition) is 5. The second-order valence-electron chi connectivity index (χ2n) is 6.23. The maximum atomic E-state index is 11.1. The van der Waals surface area contributed by atoms with Crippen molar-refractivity contribution in [2.75, 3.05) is 45.8 Å². The monoisotopic (exact) mass is 323 g/mol. The molecule has 6 heteroatoms. The van der Waals surface area contributed by atoms with Crippen LogP contribution in [0.5, 0.6) is 0 Å². The first-order valence-electron chi connectivity index (χ1n) is 8.17. The fraction of sp³-hybridized carbons (Fsp3) is 0.688. The van der Waals surface area contributed by atoms with E-state index in [1.165, 1.54) is 4.88 Å². The Bertz CT molecular complexity index is 466. The molecule has 2 aliphatic heterocycles. The maximum Gasteiger partial charge on any atom is 0.306 e. The number of nitrogens with zero attached hydrogens (tertiary/aromatic N) is 2. The Labute approximate surface area is 135 Å². The van der Waals surface area contributed by atoms with Gasteiger partial charge in [0.15, 0.2) is 0 Å². The summed E-state index contributed by atoms with van der Waals surface area (Å²) in [6.45, 7) is 7.19. The number of thiophene rings is 1. The van der Waals surface area contributed by atoms with Crippen LogP contribution in [0, 0.1) is 5.92 Å². The van der Waals surface area contributed by atoms with Crippen LogP contribution in [-0.2, 0) is 4.79 Å². The fourth-order valence-electron chi connectivity index (χ4n) is 3.46. The van der Waals surface area contributed by atoms with Crippen molar-refractivity contribution in [3.63, 3.8) is 0 Å². The van der Waals surface area contributed by atoms with Gasteiger partial charge in [-0.05, 0) is 37.4 Å². The maximum absolute atomic E-state index is 11.1. The fourth-order valence-corrected chi connectivity index (χ4v) is 4.31. The topological polar surface area (TPSA) is 55.8 Å². The van der Waals surface area contributed by atoms with Gasteiger partial charge in [-0.2, -0.15) is 0 Å². The first-order chi connectivity index (χ1) is 10.7. The van der Waals surface area contributed by atoms with Crippen molar-refractivity contribution in [1.29, 1.82) is 0 Å². The van der Waals surface area contributed by atoms with Crippen molar-refractivity contribution in [2.45, 2.75) is 18.9 Å². The molecule has 2 aliphatic rings. The van der Waals surface area contributed by atoms with Crippen molar-refractivity contribution >= 4 is 17.3 Å². The van der Waals surface area contributed by atoms with E-state index in [9.17, 15) is 9.90 Å². The van der Waals surface area contributed by atoms with E-state index in [4.69, 9.17) is 0 Å². The van der Waals surface area contributed by atoms with E-state index in [1.54, 1.807) is 0 Å². The predicted molar refractivity (Wildman–Crippen MR) is 88.3 cm³/mol. The third-order valence-electron chi connectivity index (χ3n) is 4.83. The molecule has 1 unspecified atom stereocenters. The molecule has 1 atom stereocenters. The quantitative estimate of drug-likeness (QED) is 0.860. The number of nitrogens with one attached hydrogen (secondary N) is 1. The van der Waals surface area contributed by atoms with Gasteiger partial charge in [-0.1, -0.05) is 6.07 Å². The van der Waals surface area contributed by atoms with E-state index in [0.717, 1.165) is 58.7 Å². The number of carboxylic acid groups (broad SMARTS) is 1. The van der Waals surface area contributed by atoms with Crippen LogP contribution in [0.15, 0.2) is 17.5 Å². The Kier molecular flexibility index (Phi) is 5.46. The highest BCUT2D eigenvalue weighted by molar-refractivity contribution is 7.10. The molecule has 3 rings (SSSR count). The van der Waals surface area contributed by atoms with Crippen LogP contribution in [0.1, 0.15) is 23.8 Å². The third kappa shape index (κ3) is 3.87. The number of likely N-dealkylation sites (tertiary alicyclic amines) is 1. The van der Waals surface area contributed by atoms with Gasteiger partial charge in [0.05, 0.1) is 12.0 Å². The Morgan fingerprint density at radius 1 is 1.32 bits per heavy atom. The molecule has 1 aromatic rings. The van der Waals surface area contributed by atoms with Crippen molar-refractivity contribution in [3.05, 3.63) is 22.4 Å². The minimum atomic E-state index is -0.630. The molecule has 0 aliphatic carbocycles. The molecule has 2 fully saturated rings. The zero-order chi connectivity index (χ0) is 15.4. The highest BCUT2D eigenvalue weighted by atomic mass is 32.1. The van der Waals surface area contributed by atoms with Crippen molar-refractivity contribution in [1.82, 2.24) is 15.1 Å². The predicted octanol–water partition coefficient (Wildman–Crippen LogP) is 1.49. The summed E-state index contributed by atoms with van der Waals surface area (Å²) in [4.78, 5) is 17.6. The van der Waals surface area contributed by atoms with E-state index in [0.29, 0.717) is 6.04 Å². The molecule has 0 spiro atoms. The lowest BCUT2D eigenvalue weighted by molar-refractivity contribution is -0.143. The number of aliphatic carboxylic acids is 1. The summed E-state index contributed by atoms with van der Waals surface area (Å²) < 4.78 is 0. The number of rotatable bonds is 5. The van der Waals surface area contributed by atoms with E-state index < -0.39 is 5.97 Å². The van der Waals surface area contributed by atoms with Gasteiger partial charge in [0.2, 0.25) is 0 Å². The number of piperidine rings is 1. The molecular formula is C16H25N3O2S. The summed E-state index contributed by atoms with van der Waals surface area (Å²) in [5, 5.41) is 14.7. The van der Waals surface area contributed by atoms with Crippen LogP contribution < -0.4 is 5.32 Å². The molecule has 0 amide bonds. The summed E-state index contributed by atoms with van der Waals surface area (Å²) in [7, 11) is 0. The standard InChI is InChI=1S/C16H25N3O2S/c20-16(21)13-3-7-19(8-4-13)14(15-2-1-11-22-15)12-18-9-5-17-6-10-18/h1-2,11,13-14,17H,3-10,12H2,(H,20,21). The number of carboxylic acids is 1. The molecule has 0 radical (unpaired) electrons. The lowest BCUT2D eigenvalue weighted by atomic mass is 9.95. The highest BCUT2D eigenvalue weighted by Gasteiger charge is 2.30. The Hall–Kier alpha value is -0.950. The molecule has 1 aromatic heterocycles. The van der Waals surface area contributed by atoms with Crippen molar-refractivity contribution in [3.8, 4) is 0 Å². The van der Waals surface area contributed by atoms with Gasteiger partial charge in [-0.25, -0.2) is 0 Å². The minimum Gasteiger partial charge on any atom is -0.481 e. The molecule has 0 saturated carbocycles. The number of carbonyl (C=O) groups is 1. The smallest absolute Gasteiger partial charge is 0.306 e. The van der Waals surface area contributed by atoms with Crippen LogP contribution in [0.3, 0.4) is 0 Å². The normalized spacial score (nSPS) is 23.5. The van der Waals surface area contributed by atoms with Crippen molar-refractivity contribution in [2.24, 2.45) is 5.92 Å². The average molecular weight is 323 g/mol. The zero-order valence-corrected chi connectivity index (χ0v) is 13.7. The summed E-state index contributed by atoms with van der Waals surface area (Å²) in [5.74, 6) is -0.783. The molecule has 2 saturated heterocycles. The Morgan fingerprint density at radius 2 is 2.05 bits per heavy atom. The van der Waals surface area contributed by atoms with Gasteiger partial charge in [0.25, 0.3) is 0 Å². The molecule has 22 heavy (non-hydrogen) atoms. The second-order valence-corrected chi connectivity index (χ2v) is 7.21. The Balaban J connectivity index is 1.65. The van der Waals surface area contributed by atoms with Crippen LogP contribution in [-0.4, -0.2) is 66.7 Å². The van der Waals surface area contributed by atoms with Crippen molar-refractivity contribution < 1.29 is 9.90 Å². The van der Waals surface area contributed by atoms with Gasteiger partial charge in [0.1, 0.15) is 0 Å². The first-order valence-corrected chi connectivity index (χ1v) is 9.05. The van der Waals surface area contributed by atoms with E-state index >= 15 is 0 Å². The lowest BCUT2D eigenvalue weighted by Gasteiger charge is -2.39. The number of hydrogen-bond donors (Lipinski definition) is 2. The van der Waals surface area contributed by atoms with Gasteiger partial charge < -0.3 is 10.4 Å². The highest BCUT2D eigenvalue weighted by Crippen LogP contribution is 2.30. The molecule has 122 valence electrons. The third-order valence-corrected chi connectivity index (χ3v) is 5.81. The molecule has 2 N–H and O–H groups in total. The van der Waals surface area contributed by atoms with Crippen LogP contribution in [0.2, 0.25) is 0 Å². The lowest BCUT2D eigenvalue weighted by Crippen LogP contribution is -2.48. The molecule has 3 heterocycles. The Morgan fingerprint density at radius 3 is 2.64 bits per heavy atom. The second kappa shape index (κ2) is 7.55. The minimum absolute atomic E-state index is 0.153. The summed E-state index contributed by atoms with van der Waals surface area (Å²) in [6.07, 6.45) is 1.55. The van der Waals surface area contributed by atoms with Crippen LogP contribution in [0.4, 0.5) is 0 Å². The van der Waals surface area contributed by atoms with Gasteiger partial charge in [-0.3, -0.25) is 14.6 Å². The SMILES string of the molecule is O=C(O)C1CCN(C(CN2CCNCC2)c2cccs2)CC1. The van der Waals surface area contributed by atoms with Crippen LogP contribution >= 0.6 is 11.3 Å². The largest absolute Gasteiger partial charge is 0.481 e. The molecule has 0 aromatic carbocycles. The number of piperazine rings is 1.